The van der Waals surface area contributed by atoms with Crippen LogP contribution in [0.2, 0.25) is 0 Å². The van der Waals surface area contributed by atoms with Gasteiger partial charge in [0, 0.05) is 20.9 Å². The summed E-state index contributed by atoms with van der Waals surface area (Å²) < 4.78 is 1.11. The summed E-state index contributed by atoms with van der Waals surface area (Å²) >= 11 is 5.49. The molecule has 0 heterocycles. The molecule has 0 N–H and O–H groups in total. The van der Waals surface area contributed by atoms with Crippen molar-refractivity contribution >= 4 is 44.3 Å². The first-order chi connectivity index (χ1) is 6.15. The first kappa shape index (κ1) is 11.2. The quantitative estimate of drug-likeness (QED) is 0.461. The van der Waals surface area contributed by atoms with E-state index in [0.29, 0.717) is 6.42 Å². The zero-order valence-electron chi connectivity index (χ0n) is 7.31. The molecule has 0 amide bonds. The molecule has 70 valence electrons. The predicted molar refractivity (Wildman–Crippen MR) is 66.6 cm³/mol. The van der Waals surface area contributed by atoms with Gasteiger partial charge in [0.25, 0.3) is 0 Å². The van der Waals surface area contributed by atoms with Gasteiger partial charge in [0.2, 0.25) is 0 Å². The third-order valence-corrected chi connectivity index (χ3v) is 2.89. The molecular weight excluding hydrogens is 343 g/mol. The molecule has 0 aromatic heterocycles. The van der Waals surface area contributed by atoms with Gasteiger partial charge in [-0.15, -0.1) is 0 Å². The van der Waals surface area contributed by atoms with Crippen LogP contribution in [-0.2, 0) is 0 Å². The molecule has 0 bridgehead atoms. The normalized spacial score (nSPS) is 10.1. The van der Waals surface area contributed by atoms with Crippen LogP contribution in [0.25, 0.3) is 0 Å². The summed E-state index contributed by atoms with van der Waals surface area (Å²) in [5, 5.41) is 0.733. The van der Waals surface area contributed by atoms with Gasteiger partial charge in [-0.25, -0.2) is 0 Å². The van der Waals surface area contributed by atoms with Gasteiger partial charge in [-0.3, -0.25) is 4.79 Å². The number of Topliss-reactive ketones (excluding diaryl/α,β-unsaturated/α-hetero) is 1. The van der Waals surface area contributed by atoms with Gasteiger partial charge in [-0.2, -0.15) is 0 Å². The lowest BCUT2D eigenvalue weighted by Crippen LogP contribution is -2.02. The number of carbonyl (C=O) groups is 1. The standard InChI is InChI=1S/C10H10BrIO/c1-7-2-3-8(12)6-9(7)10(13)4-5-11/h2-3,6H,4-5H2,1H3. The van der Waals surface area contributed by atoms with Gasteiger partial charge in [-0.1, -0.05) is 22.0 Å². The van der Waals surface area contributed by atoms with Crippen LogP contribution in [0.15, 0.2) is 18.2 Å². The maximum Gasteiger partial charge on any atom is 0.164 e. The van der Waals surface area contributed by atoms with E-state index in [9.17, 15) is 4.79 Å². The van der Waals surface area contributed by atoms with Crippen molar-refractivity contribution in [2.45, 2.75) is 13.3 Å². The summed E-state index contributed by atoms with van der Waals surface area (Å²) in [7, 11) is 0. The van der Waals surface area contributed by atoms with Crippen molar-refractivity contribution in [3.05, 3.63) is 32.9 Å². The minimum absolute atomic E-state index is 0.216. The number of ketones is 1. The summed E-state index contributed by atoms with van der Waals surface area (Å²) in [6, 6.07) is 5.95. The first-order valence-corrected chi connectivity index (χ1v) is 6.20. The van der Waals surface area contributed by atoms with Crippen molar-refractivity contribution in [1.29, 1.82) is 0 Å². The number of halogens is 2. The van der Waals surface area contributed by atoms with Crippen LogP contribution in [0.1, 0.15) is 22.3 Å². The Balaban J connectivity index is 2.99. The number of benzene rings is 1. The van der Waals surface area contributed by atoms with E-state index in [2.05, 4.69) is 38.5 Å². The minimum Gasteiger partial charge on any atom is -0.294 e. The van der Waals surface area contributed by atoms with Crippen LogP contribution in [0.4, 0.5) is 0 Å². The van der Waals surface area contributed by atoms with Crippen LogP contribution in [0, 0.1) is 10.5 Å². The van der Waals surface area contributed by atoms with Crippen molar-refractivity contribution < 1.29 is 4.79 Å². The topological polar surface area (TPSA) is 17.1 Å². The van der Waals surface area contributed by atoms with Crippen LogP contribution < -0.4 is 0 Å². The second kappa shape index (κ2) is 5.10. The summed E-state index contributed by atoms with van der Waals surface area (Å²) in [6.45, 7) is 1.97. The van der Waals surface area contributed by atoms with Crippen molar-refractivity contribution in [3.63, 3.8) is 0 Å². The van der Waals surface area contributed by atoms with Crippen molar-refractivity contribution in [3.8, 4) is 0 Å². The number of aryl methyl sites for hydroxylation is 1. The molecule has 0 fully saturated rings. The van der Waals surface area contributed by atoms with Gasteiger partial charge < -0.3 is 0 Å². The zero-order valence-corrected chi connectivity index (χ0v) is 11.1. The van der Waals surface area contributed by atoms with E-state index < -0.39 is 0 Å². The number of hydrogen-bond acceptors (Lipinski definition) is 1. The van der Waals surface area contributed by atoms with Crippen LogP contribution >= 0.6 is 38.5 Å². The molecule has 3 heteroatoms. The van der Waals surface area contributed by atoms with Crippen LogP contribution in [0.5, 0.6) is 0 Å². The fraction of sp³-hybridized carbons (Fsp3) is 0.300. The number of carbonyl (C=O) groups excluding carboxylic acids is 1. The highest BCUT2D eigenvalue weighted by atomic mass is 127. The Morgan fingerprint density at radius 2 is 2.23 bits per heavy atom. The Labute approximate surface area is 100 Å². The summed E-state index contributed by atoms with van der Waals surface area (Å²) in [6.07, 6.45) is 0.570. The Morgan fingerprint density at radius 3 is 2.85 bits per heavy atom. The fourth-order valence-electron chi connectivity index (χ4n) is 1.12. The smallest absolute Gasteiger partial charge is 0.164 e. The fourth-order valence-corrected chi connectivity index (χ4v) is 1.97. The van der Waals surface area contributed by atoms with E-state index in [4.69, 9.17) is 0 Å². The average molecular weight is 353 g/mol. The maximum atomic E-state index is 11.6. The molecular formula is C10H10BrIO. The zero-order chi connectivity index (χ0) is 9.84. The minimum atomic E-state index is 0.216. The highest BCUT2D eigenvalue weighted by Gasteiger charge is 2.07. The Morgan fingerprint density at radius 1 is 1.54 bits per heavy atom. The highest BCUT2D eigenvalue weighted by molar-refractivity contribution is 14.1. The maximum absolute atomic E-state index is 11.6. The third-order valence-electron chi connectivity index (χ3n) is 1.82. The van der Waals surface area contributed by atoms with Crippen molar-refractivity contribution in [2.75, 3.05) is 5.33 Å². The SMILES string of the molecule is Cc1ccc(I)cc1C(=O)CCBr. The van der Waals surface area contributed by atoms with Crippen molar-refractivity contribution in [2.24, 2.45) is 0 Å². The molecule has 0 saturated carbocycles. The molecule has 0 aliphatic heterocycles. The molecule has 0 radical (unpaired) electrons. The molecule has 0 atom stereocenters. The molecule has 0 saturated heterocycles. The van der Waals surface area contributed by atoms with Gasteiger partial charge in [-0.05, 0) is 47.2 Å². The van der Waals surface area contributed by atoms with E-state index in [1.165, 1.54) is 0 Å². The Hall–Kier alpha value is 0.1000. The molecule has 13 heavy (non-hydrogen) atoms. The molecule has 1 rings (SSSR count). The first-order valence-electron chi connectivity index (χ1n) is 4.00. The van der Waals surface area contributed by atoms with Crippen LogP contribution in [-0.4, -0.2) is 11.1 Å². The third kappa shape index (κ3) is 3.06. The van der Waals surface area contributed by atoms with Crippen molar-refractivity contribution in [1.82, 2.24) is 0 Å². The molecule has 0 spiro atoms. The van der Waals surface area contributed by atoms with E-state index in [0.717, 1.165) is 20.0 Å². The summed E-state index contributed by atoms with van der Waals surface area (Å²) in [5.74, 6) is 0.216. The van der Waals surface area contributed by atoms with E-state index in [1.54, 1.807) is 0 Å². The largest absolute Gasteiger partial charge is 0.294 e. The van der Waals surface area contributed by atoms with Gasteiger partial charge in [0.15, 0.2) is 5.78 Å². The molecule has 0 aliphatic carbocycles. The molecule has 1 aromatic rings. The molecule has 1 aromatic carbocycles. The summed E-state index contributed by atoms with van der Waals surface area (Å²) in [4.78, 5) is 11.6. The monoisotopic (exact) mass is 352 g/mol. The van der Waals surface area contributed by atoms with Gasteiger partial charge >= 0.3 is 0 Å². The molecule has 1 nitrogen and oxygen atoms in total. The highest BCUT2D eigenvalue weighted by Crippen LogP contribution is 2.15. The van der Waals surface area contributed by atoms with E-state index in [-0.39, 0.29) is 5.78 Å². The van der Waals surface area contributed by atoms with E-state index in [1.807, 2.05) is 25.1 Å². The molecule has 0 aliphatic rings. The number of alkyl halides is 1. The van der Waals surface area contributed by atoms with Gasteiger partial charge in [0.1, 0.15) is 0 Å². The average Bonchev–Trinajstić information content (AvgIpc) is 2.09. The number of rotatable bonds is 3. The van der Waals surface area contributed by atoms with Gasteiger partial charge in [0.05, 0.1) is 0 Å². The predicted octanol–water partition coefficient (Wildman–Crippen LogP) is 3.57. The lowest BCUT2D eigenvalue weighted by atomic mass is 10.0. The Bertz CT molecular complexity index is 323. The second-order valence-corrected chi connectivity index (χ2v) is 4.86. The van der Waals surface area contributed by atoms with E-state index >= 15 is 0 Å². The lowest BCUT2D eigenvalue weighted by Gasteiger charge is -2.03. The molecule has 0 unspecified atom stereocenters. The summed E-state index contributed by atoms with van der Waals surface area (Å²) in [5.41, 5.74) is 1.91. The van der Waals surface area contributed by atoms with Crippen LogP contribution in [0.3, 0.4) is 0 Å². The second-order valence-electron chi connectivity index (χ2n) is 2.82. The Kier molecular flexibility index (Phi) is 4.38. The lowest BCUT2D eigenvalue weighted by molar-refractivity contribution is 0.0989. The number of hydrogen-bond donors (Lipinski definition) is 0.